The van der Waals surface area contributed by atoms with E-state index in [1.807, 2.05) is 13.8 Å². The maximum atomic E-state index is 13.1. The standard InChI is InChI=1S/C13H16F2N2O3/c1-6(2)3-10(16)12(18)17-11-5-9(15)8(14)4-7(11)13(19)20/h4-6,10H,3,16H2,1-2H3,(H,17,18)(H,19,20)/t10-/m1/s1. The van der Waals surface area contributed by atoms with Crippen molar-refractivity contribution in [1.29, 1.82) is 0 Å². The molecule has 0 bridgehead atoms. The van der Waals surface area contributed by atoms with Crippen molar-refractivity contribution in [1.82, 2.24) is 0 Å². The van der Waals surface area contributed by atoms with E-state index in [4.69, 9.17) is 10.8 Å². The fraction of sp³-hybridized carbons (Fsp3) is 0.385. The normalized spacial score (nSPS) is 12.3. The van der Waals surface area contributed by atoms with Gasteiger partial charge in [-0.1, -0.05) is 13.8 Å². The summed E-state index contributed by atoms with van der Waals surface area (Å²) < 4.78 is 26.1. The molecule has 0 spiro atoms. The van der Waals surface area contributed by atoms with Gasteiger partial charge >= 0.3 is 5.97 Å². The predicted molar refractivity (Wildman–Crippen MR) is 69.4 cm³/mol. The Hall–Kier alpha value is -2.02. The molecule has 4 N–H and O–H groups in total. The van der Waals surface area contributed by atoms with E-state index in [-0.39, 0.29) is 11.6 Å². The number of carboxylic acid groups (broad SMARTS) is 1. The van der Waals surface area contributed by atoms with Crippen LogP contribution in [0.25, 0.3) is 0 Å². The van der Waals surface area contributed by atoms with Crippen molar-refractivity contribution in [2.45, 2.75) is 26.3 Å². The number of anilines is 1. The van der Waals surface area contributed by atoms with E-state index in [1.54, 1.807) is 0 Å². The molecule has 0 aromatic heterocycles. The number of rotatable bonds is 5. The van der Waals surface area contributed by atoms with Crippen LogP contribution in [0.3, 0.4) is 0 Å². The zero-order valence-electron chi connectivity index (χ0n) is 11.1. The van der Waals surface area contributed by atoms with Gasteiger partial charge in [0.05, 0.1) is 17.3 Å². The molecule has 0 radical (unpaired) electrons. The number of nitrogens with two attached hydrogens (primary N) is 1. The van der Waals surface area contributed by atoms with Gasteiger partial charge in [-0.2, -0.15) is 0 Å². The molecule has 0 saturated heterocycles. The van der Waals surface area contributed by atoms with Crippen LogP contribution in [-0.2, 0) is 4.79 Å². The number of hydrogen-bond acceptors (Lipinski definition) is 3. The van der Waals surface area contributed by atoms with Gasteiger partial charge in [-0.3, -0.25) is 4.79 Å². The summed E-state index contributed by atoms with van der Waals surface area (Å²) in [7, 11) is 0. The average Bonchev–Trinajstić information content (AvgIpc) is 2.32. The van der Waals surface area contributed by atoms with Gasteiger partial charge in [0.1, 0.15) is 0 Å². The minimum Gasteiger partial charge on any atom is -0.478 e. The lowest BCUT2D eigenvalue weighted by Crippen LogP contribution is -2.37. The van der Waals surface area contributed by atoms with Crippen molar-refractivity contribution >= 4 is 17.6 Å². The Balaban J connectivity index is 2.99. The first kappa shape index (κ1) is 16.0. The second-order valence-corrected chi connectivity index (χ2v) is 4.84. The first-order valence-corrected chi connectivity index (χ1v) is 6.01. The van der Waals surface area contributed by atoms with Crippen LogP contribution in [0.2, 0.25) is 0 Å². The minimum atomic E-state index is -1.48. The van der Waals surface area contributed by atoms with Crippen LogP contribution < -0.4 is 11.1 Å². The SMILES string of the molecule is CC(C)C[C@@H](N)C(=O)Nc1cc(F)c(F)cc1C(=O)O. The van der Waals surface area contributed by atoms with Gasteiger partial charge in [0.2, 0.25) is 5.91 Å². The van der Waals surface area contributed by atoms with Gasteiger partial charge in [0, 0.05) is 6.07 Å². The number of aromatic carboxylic acids is 1. The van der Waals surface area contributed by atoms with E-state index < -0.39 is 35.1 Å². The van der Waals surface area contributed by atoms with Crippen LogP contribution in [0.1, 0.15) is 30.6 Å². The van der Waals surface area contributed by atoms with E-state index in [1.165, 1.54) is 0 Å². The zero-order chi connectivity index (χ0) is 15.4. The Morgan fingerprint density at radius 1 is 1.30 bits per heavy atom. The lowest BCUT2D eigenvalue weighted by molar-refractivity contribution is -0.117. The first-order valence-electron chi connectivity index (χ1n) is 6.01. The molecule has 1 atom stereocenters. The second kappa shape index (κ2) is 6.42. The highest BCUT2D eigenvalue weighted by Crippen LogP contribution is 2.20. The number of benzene rings is 1. The molecule has 0 aliphatic rings. The van der Waals surface area contributed by atoms with Crippen LogP contribution in [0, 0.1) is 17.6 Å². The minimum absolute atomic E-state index is 0.166. The Morgan fingerprint density at radius 3 is 2.35 bits per heavy atom. The van der Waals surface area contributed by atoms with Crippen molar-refractivity contribution in [2.75, 3.05) is 5.32 Å². The van der Waals surface area contributed by atoms with E-state index in [0.717, 1.165) is 0 Å². The third-order valence-electron chi connectivity index (χ3n) is 2.61. The Morgan fingerprint density at radius 2 is 1.85 bits per heavy atom. The van der Waals surface area contributed by atoms with Crippen LogP contribution in [-0.4, -0.2) is 23.0 Å². The second-order valence-electron chi connectivity index (χ2n) is 4.84. The van der Waals surface area contributed by atoms with Gasteiger partial charge in [-0.05, 0) is 18.4 Å². The van der Waals surface area contributed by atoms with Gasteiger partial charge in [0.15, 0.2) is 11.6 Å². The smallest absolute Gasteiger partial charge is 0.337 e. The van der Waals surface area contributed by atoms with Crippen LogP contribution in [0.5, 0.6) is 0 Å². The molecule has 7 heteroatoms. The quantitative estimate of drug-likeness (QED) is 0.771. The van der Waals surface area contributed by atoms with Gasteiger partial charge in [-0.25, -0.2) is 13.6 Å². The molecule has 110 valence electrons. The molecular formula is C13H16F2N2O3. The number of amides is 1. The molecule has 0 aliphatic carbocycles. The summed E-state index contributed by atoms with van der Waals surface area (Å²) >= 11 is 0. The fourth-order valence-electron chi connectivity index (χ4n) is 1.67. The topological polar surface area (TPSA) is 92.4 Å². The average molecular weight is 286 g/mol. The summed E-state index contributed by atoms with van der Waals surface area (Å²) in [6.45, 7) is 3.74. The van der Waals surface area contributed by atoms with Crippen LogP contribution in [0.4, 0.5) is 14.5 Å². The molecule has 0 saturated carbocycles. The summed E-state index contributed by atoms with van der Waals surface area (Å²) in [4.78, 5) is 22.7. The molecule has 1 amide bonds. The monoisotopic (exact) mass is 286 g/mol. The number of carbonyl (C=O) groups is 2. The predicted octanol–water partition coefficient (Wildman–Crippen LogP) is 1.97. The highest BCUT2D eigenvalue weighted by atomic mass is 19.2. The lowest BCUT2D eigenvalue weighted by atomic mass is 10.0. The maximum absolute atomic E-state index is 13.1. The molecule has 5 nitrogen and oxygen atoms in total. The number of carbonyl (C=O) groups excluding carboxylic acids is 1. The highest BCUT2D eigenvalue weighted by Gasteiger charge is 2.20. The molecule has 0 unspecified atom stereocenters. The van der Waals surface area contributed by atoms with Crippen molar-refractivity contribution in [3.8, 4) is 0 Å². The molecule has 0 aliphatic heterocycles. The van der Waals surface area contributed by atoms with Crippen molar-refractivity contribution in [3.05, 3.63) is 29.3 Å². The van der Waals surface area contributed by atoms with Gasteiger partial charge in [-0.15, -0.1) is 0 Å². The highest BCUT2D eigenvalue weighted by molar-refractivity contribution is 6.02. The van der Waals surface area contributed by atoms with Crippen LogP contribution >= 0.6 is 0 Å². The fourth-order valence-corrected chi connectivity index (χ4v) is 1.67. The number of hydrogen-bond donors (Lipinski definition) is 3. The lowest BCUT2D eigenvalue weighted by Gasteiger charge is -2.15. The largest absolute Gasteiger partial charge is 0.478 e. The number of halogens is 2. The summed E-state index contributed by atoms with van der Waals surface area (Å²) in [6, 6.07) is 0.282. The molecule has 0 heterocycles. The van der Waals surface area contributed by atoms with Gasteiger partial charge < -0.3 is 16.2 Å². The molecule has 20 heavy (non-hydrogen) atoms. The summed E-state index contributed by atoms with van der Waals surface area (Å²) in [6.07, 6.45) is 0.387. The Kier molecular flexibility index (Phi) is 5.15. The van der Waals surface area contributed by atoms with E-state index in [9.17, 15) is 18.4 Å². The summed E-state index contributed by atoms with van der Waals surface area (Å²) in [5, 5.41) is 11.1. The van der Waals surface area contributed by atoms with E-state index >= 15 is 0 Å². The van der Waals surface area contributed by atoms with Crippen LogP contribution in [0.15, 0.2) is 12.1 Å². The number of nitrogens with one attached hydrogen (secondary N) is 1. The van der Waals surface area contributed by atoms with Gasteiger partial charge in [0.25, 0.3) is 0 Å². The van der Waals surface area contributed by atoms with Crippen molar-refractivity contribution in [2.24, 2.45) is 11.7 Å². The van der Waals surface area contributed by atoms with Crippen molar-refractivity contribution < 1.29 is 23.5 Å². The molecule has 1 aromatic carbocycles. The molecule has 0 fully saturated rings. The number of carboxylic acids is 1. The third kappa shape index (κ3) is 3.99. The maximum Gasteiger partial charge on any atom is 0.337 e. The zero-order valence-corrected chi connectivity index (χ0v) is 11.1. The first-order chi connectivity index (χ1) is 9.22. The Bertz CT molecular complexity index is 533. The summed E-state index contributed by atoms with van der Waals surface area (Å²) in [5.74, 6) is -4.50. The third-order valence-corrected chi connectivity index (χ3v) is 2.61. The molecular weight excluding hydrogens is 270 g/mol. The van der Waals surface area contributed by atoms with Crippen molar-refractivity contribution in [3.63, 3.8) is 0 Å². The molecule has 1 rings (SSSR count). The Labute approximate surface area is 114 Å². The van der Waals surface area contributed by atoms with E-state index in [2.05, 4.69) is 5.32 Å². The van der Waals surface area contributed by atoms with E-state index in [0.29, 0.717) is 18.6 Å². The summed E-state index contributed by atoms with van der Waals surface area (Å²) in [5.41, 5.74) is 4.78. The molecule has 1 aromatic rings.